The molecule has 2 rings (SSSR count). The molecule has 1 aliphatic heterocycles. The standard InChI is InChI=1S/C13H16Cl2N2O/c14-11-4-3-9(12(15)6-11)7-17-5-1-2-10(8-17)13(16)18/h3-4,6,10H,1-2,5,7-8H2,(H2,16,18). The number of nitrogens with zero attached hydrogens (tertiary/aromatic N) is 1. The van der Waals surface area contributed by atoms with Gasteiger partial charge in [-0.2, -0.15) is 0 Å². The van der Waals surface area contributed by atoms with E-state index in [1.807, 2.05) is 12.1 Å². The normalized spacial score (nSPS) is 20.9. The lowest BCUT2D eigenvalue weighted by molar-refractivity contribution is -0.123. The molecule has 1 heterocycles. The highest BCUT2D eigenvalue weighted by Gasteiger charge is 2.24. The first-order chi connectivity index (χ1) is 8.56. The summed E-state index contributed by atoms with van der Waals surface area (Å²) in [6.45, 7) is 2.43. The van der Waals surface area contributed by atoms with Crippen LogP contribution in [0, 0.1) is 5.92 Å². The maximum absolute atomic E-state index is 11.2. The molecule has 1 aliphatic rings. The summed E-state index contributed by atoms with van der Waals surface area (Å²) in [6, 6.07) is 5.50. The Kier molecular flexibility index (Phi) is 4.49. The first-order valence-electron chi connectivity index (χ1n) is 6.02. The van der Waals surface area contributed by atoms with Crippen molar-refractivity contribution in [3.05, 3.63) is 33.8 Å². The molecule has 0 radical (unpaired) electrons. The molecule has 1 aromatic carbocycles. The first-order valence-corrected chi connectivity index (χ1v) is 6.77. The number of halogens is 2. The maximum atomic E-state index is 11.2. The van der Waals surface area contributed by atoms with Crippen LogP contribution in [0.1, 0.15) is 18.4 Å². The molecular weight excluding hydrogens is 271 g/mol. The molecule has 3 nitrogen and oxygen atoms in total. The topological polar surface area (TPSA) is 46.3 Å². The van der Waals surface area contributed by atoms with Crippen molar-refractivity contribution in [3.63, 3.8) is 0 Å². The van der Waals surface area contributed by atoms with Gasteiger partial charge in [0.1, 0.15) is 0 Å². The lowest BCUT2D eigenvalue weighted by Gasteiger charge is -2.31. The Morgan fingerprint density at radius 2 is 2.22 bits per heavy atom. The van der Waals surface area contributed by atoms with Gasteiger partial charge >= 0.3 is 0 Å². The zero-order chi connectivity index (χ0) is 13.1. The summed E-state index contributed by atoms with van der Waals surface area (Å²) in [4.78, 5) is 13.4. The molecule has 98 valence electrons. The lowest BCUT2D eigenvalue weighted by atomic mass is 9.97. The number of hydrogen-bond acceptors (Lipinski definition) is 2. The molecule has 0 saturated carbocycles. The van der Waals surface area contributed by atoms with Crippen LogP contribution in [0.25, 0.3) is 0 Å². The maximum Gasteiger partial charge on any atom is 0.221 e. The average Bonchev–Trinajstić information content (AvgIpc) is 2.33. The number of primary amides is 1. The van der Waals surface area contributed by atoms with E-state index >= 15 is 0 Å². The molecule has 18 heavy (non-hydrogen) atoms. The minimum Gasteiger partial charge on any atom is -0.369 e. The van der Waals surface area contributed by atoms with E-state index in [9.17, 15) is 4.79 Å². The van der Waals surface area contributed by atoms with Crippen LogP contribution in [0.2, 0.25) is 10.0 Å². The van der Waals surface area contributed by atoms with E-state index in [0.29, 0.717) is 16.6 Å². The van der Waals surface area contributed by atoms with Crippen molar-refractivity contribution in [2.24, 2.45) is 11.7 Å². The lowest BCUT2D eigenvalue weighted by Crippen LogP contribution is -2.40. The van der Waals surface area contributed by atoms with Crippen molar-refractivity contribution < 1.29 is 4.79 Å². The number of carbonyl (C=O) groups is 1. The molecule has 0 aliphatic carbocycles. The van der Waals surface area contributed by atoms with Crippen LogP contribution in [0.15, 0.2) is 18.2 Å². The number of piperidine rings is 1. The van der Waals surface area contributed by atoms with Crippen molar-refractivity contribution in [2.45, 2.75) is 19.4 Å². The van der Waals surface area contributed by atoms with E-state index in [-0.39, 0.29) is 11.8 Å². The van der Waals surface area contributed by atoms with E-state index in [0.717, 1.165) is 31.5 Å². The summed E-state index contributed by atoms with van der Waals surface area (Å²) >= 11 is 12.0. The van der Waals surface area contributed by atoms with Gasteiger partial charge in [-0.3, -0.25) is 9.69 Å². The third-order valence-corrected chi connectivity index (χ3v) is 3.90. The Balaban J connectivity index is 2.02. The summed E-state index contributed by atoms with van der Waals surface area (Å²) in [5.74, 6) is -0.244. The van der Waals surface area contributed by atoms with Crippen LogP contribution >= 0.6 is 23.2 Å². The summed E-state index contributed by atoms with van der Waals surface area (Å²) in [6.07, 6.45) is 1.89. The number of benzene rings is 1. The Bertz CT molecular complexity index is 451. The average molecular weight is 287 g/mol. The van der Waals surface area contributed by atoms with Gasteiger partial charge < -0.3 is 5.73 Å². The minimum absolute atomic E-state index is 0.0372. The zero-order valence-corrected chi connectivity index (χ0v) is 11.5. The van der Waals surface area contributed by atoms with E-state index < -0.39 is 0 Å². The summed E-state index contributed by atoms with van der Waals surface area (Å²) in [7, 11) is 0. The second-order valence-corrected chi connectivity index (χ2v) is 5.56. The molecule has 1 fully saturated rings. The third-order valence-electron chi connectivity index (χ3n) is 3.32. The largest absolute Gasteiger partial charge is 0.369 e. The Hall–Kier alpha value is -0.770. The second-order valence-electron chi connectivity index (χ2n) is 4.71. The van der Waals surface area contributed by atoms with Gasteiger partial charge in [-0.15, -0.1) is 0 Å². The number of hydrogen-bond donors (Lipinski definition) is 1. The van der Waals surface area contributed by atoms with Crippen LogP contribution in [0.5, 0.6) is 0 Å². The molecule has 0 spiro atoms. The van der Waals surface area contributed by atoms with Gasteiger partial charge in [0.2, 0.25) is 5.91 Å². The van der Waals surface area contributed by atoms with Crippen molar-refractivity contribution >= 4 is 29.1 Å². The van der Waals surface area contributed by atoms with Crippen molar-refractivity contribution in [3.8, 4) is 0 Å². The predicted octanol–water partition coefficient (Wildman–Crippen LogP) is 2.69. The van der Waals surface area contributed by atoms with Gasteiger partial charge in [0.05, 0.1) is 5.92 Å². The Morgan fingerprint density at radius 3 is 2.89 bits per heavy atom. The molecule has 1 amide bonds. The van der Waals surface area contributed by atoms with Crippen LogP contribution in [-0.2, 0) is 11.3 Å². The number of likely N-dealkylation sites (tertiary alicyclic amines) is 1. The molecule has 0 aromatic heterocycles. The van der Waals surface area contributed by atoms with Crippen LogP contribution in [-0.4, -0.2) is 23.9 Å². The predicted molar refractivity (Wildman–Crippen MR) is 73.7 cm³/mol. The third kappa shape index (κ3) is 3.37. The van der Waals surface area contributed by atoms with Gasteiger partial charge in [-0.25, -0.2) is 0 Å². The smallest absolute Gasteiger partial charge is 0.221 e. The molecule has 2 N–H and O–H groups in total. The fourth-order valence-corrected chi connectivity index (χ4v) is 2.79. The van der Waals surface area contributed by atoms with Crippen molar-refractivity contribution in [2.75, 3.05) is 13.1 Å². The van der Waals surface area contributed by atoms with Gasteiger partial charge in [-0.05, 0) is 37.1 Å². The fraction of sp³-hybridized carbons (Fsp3) is 0.462. The van der Waals surface area contributed by atoms with E-state index in [2.05, 4.69) is 4.90 Å². The molecule has 1 aromatic rings. The summed E-state index contributed by atoms with van der Waals surface area (Å²) in [5.41, 5.74) is 6.40. The highest BCUT2D eigenvalue weighted by molar-refractivity contribution is 6.35. The summed E-state index contributed by atoms with van der Waals surface area (Å²) < 4.78 is 0. The molecule has 0 bridgehead atoms. The van der Waals surface area contributed by atoms with Gasteiger partial charge in [0.25, 0.3) is 0 Å². The number of carbonyl (C=O) groups excluding carboxylic acids is 1. The minimum atomic E-state index is -0.207. The van der Waals surface area contributed by atoms with Gasteiger partial charge in [-0.1, -0.05) is 29.3 Å². The Morgan fingerprint density at radius 1 is 1.44 bits per heavy atom. The number of nitrogens with two attached hydrogens (primary N) is 1. The molecule has 1 unspecified atom stereocenters. The SMILES string of the molecule is NC(=O)C1CCCN(Cc2ccc(Cl)cc2Cl)C1. The fourth-order valence-electron chi connectivity index (χ4n) is 2.32. The van der Waals surface area contributed by atoms with Crippen molar-refractivity contribution in [1.82, 2.24) is 4.90 Å². The van der Waals surface area contributed by atoms with E-state index in [4.69, 9.17) is 28.9 Å². The molecule has 5 heteroatoms. The zero-order valence-electron chi connectivity index (χ0n) is 10.0. The van der Waals surface area contributed by atoms with Crippen LogP contribution in [0.3, 0.4) is 0 Å². The molecular formula is C13H16Cl2N2O. The molecule has 1 saturated heterocycles. The van der Waals surface area contributed by atoms with Crippen molar-refractivity contribution in [1.29, 1.82) is 0 Å². The van der Waals surface area contributed by atoms with Crippen LogP contribution in [0.4, 0.5) is 0 Å². The highest BCUT2D eigenvalue weighted by Crippen LogP contribution is 2.24. The highest BCUT2D eigenvalue weighted by atomic mass is 35.5. The number of amides is 1. The van der Waals surface area contributed by atoms with E-state index in [1.54, 1.807) is 6.07 Å². The molecule has 1 atom stereocenters. The summed E-state index contributed by atoms with van der Waals surface area (Å²) in [5, 5.41) is 1.31. The number of rotatable bonds is 3. The monoisotopic (exact) mass is 286 g/mol. The van der Waals surface area contributed by atoms with Gasteiger partial charge in [0, 0.05) is 23.1 Å². The Labute approximate surface area is 117 Å². The quantitative estimate of drug-likeness (QED) is 0.929. The van der Waals surface area contributed by atoms with Crippen LogP contribution < -0.4 is 5.73 Å². The van der Waals surface area contributed by atoms with Gasteiger partial charge in [0.15, 0.2) is 0 Å². The second kappa shape index (κ2) is 5.91. The van der Waals surface area contributed by atoms with E-state index in [1.165, 1.54) is 0 Å². The first kappa shape index (κ1) is 13.7.